The third-order valence-corrected chi connectivity index (χ3v) is 3.77. The number of aliphatic hydroxyl groups is 1. The van der Waals surface area contributed by atoms with E-state index in [4.69, 9.17) is 16.7 Å². The second-order valence-corrected chi connectivity index (χ2v) is 5.42. The van der Waals surface area contributed by atoms with Crippen LogP contribution in [0.15, 0.2) is 30.5 Å². The normalized spacial score (nSPS) is 12.2. The van der Waals surface area contributed by atoms with Crippen molar-refractivity contribution in [2.45, 2.75) is 19.9 Å². The van der Waals surface area contributed by atoms with Gasteiger partial charge in [-0.25, -0.2) is 4.68 Å². The van der Waals surface area contributed by atoms with Gasteiger partial charge in [-0.05, 0) is 32.0 Å². The van der Waals surface area contributed by atoms with Gasteiger partial charge in [0, 0.05) is 12.1 Å². The van der Waals surface area contributed by atoms with Crippen molar-refractivity contribution in [1.29, 1.82) is 0 Å². The van der Waals surface area contributed by atoms with Crippen molar-refractivity contribution in [3.63, 3.8) is 0 Å². The van der Waals surface area contributed by atoms with Crippen LogP contribution in [0, 0.1) is 6.92 Å². The minimum atomic E-state index is -0.244. The number of rotatable bonds is 4. The Bertz CT molecular complexity index is 654. The molecule has 21 heavy (non-hydrogen) atoms. The molecule has 0 saturated heterocycles. The van der Waals surface area contributed by atoms with Gasteiger partial charge in [0.15, 0.2) is 0 Å². The highest BCUT2D eigenvalue weighted by molar-refractivity contribution is 6.30. The topological polar surface area (TPSA) is 58.4 Å². The number of likely N-dealkylation sites (N-methyl/N-ethyl adjacent to an activating group) is 1. The monoisotopic (exact) mass is 307 g/mol. The van der Waals surface area contributed by atoms with E-state index in [-0.39, 0.29) is 18.6 Å². The molecule has 0 saturated carbocycles. The molecule has 2 aromatic rings. The maximum atomic E-state index is 12.4. The van der Waals surface area contributed by atoms with Gasteiger partial charge < -0.3 is 10.0 Å². The molecule has 0 aliphatic carbocycles. The molecule has 5 nitrogen and oxygen atoms in total. The lowest BCUT2D eigenvalue weighted by Gasteiger charge is -2.22. The van der Waals surface area contributed by atoms with Crippen LogP contribution in [0.3, 0.4) is 0 Å². The summed E-state index contributed by atoms with van der Waals surface area (Å²) in [4.78, 5) is 13.9. The summed E-state index contributed by atoms with van der Waals surface area (Å²) in [6.45, 7) is 3.54. The maximum Gasteiger partial charge on any atom is 0.257 e. The smallest absolute Gasteiger partial charge is 0.257 e. The van der Waals surface area contributed by atoms with Gasteiger partial charge in [-0.2, -0.15) is 5.10 Å². The summed E-state index contributed by atoms with van der Waals surface area (Å²) in [6, 6.07) is 7.04. The number of carbonyl (C=O) groups is 1. The summed E-state index contributed by atoms with van der Waals surface area (Å²) in [5.41, 5.74) is 2.05. The van der Waals surface area contributed by atoms with Gasteiger partial charge in [0.05, 0.1) is 35.8 Å². The average Bonchev–Trinajstić information content (AvgIpc) is 2.86. The Hall–Kier alpha value is -1.85. The highest BCUT2D eigenvalue weighted by Gasteiger charge is 2.21. The van der Waals surface area contributed by atoms with Gasteiger partial charge >= 0.3 is 0 Å². The van der Waals surface area contributed by atoms with Crippen molar-refractivity contribution in [3.05, 3.63) is 46.7 Å². The van der Waals surface area contributed by atoms with Crippen LogP contribution in [0.25, 0.3) is 5.69 Å². The van der Waals surface area contributed by atoms with E-state index >= 15 is 0 Å². The molecule has 6 heteroatoms. The quantitative estimate of drug-likeness (QED) is 0.943. The van der Waals surface area contributed by atoms with Crippen molar-refractivity contribution in [3.8, 4) is 5.69 Å². The molecule has 1 amide bonds. The first-order valence-electron chi connectivity index (χ1n) is 6.64. The van der Waals surface area contributed by atoms with Gasteiger partial charge in [0.1, 0.15) is 0 Å². The second kappa shape index (κ2) is 6.28. The second-order valence-electron chi connectivity index (χ2n) is 4.98. The van der Waals surface area contributed by atoms with E-state index in [1.165, 1.54) is 4.90 Å². The van der Waals surface area contributed by atoms with Crippen LogP contribution >= 0.6 is 11.6 Å². The fourth-order valence-electron chi connectivity index (χ4n) is 2.00. The first-order valence-corrected chi connectivity index (χ1v) is 7.02. The number of hydrogen-bond acceptors (Lipinski definition) is 3. The number of nitrogens with zero attached hydrogens (tertiary/aromatic N) is 3. The lowest BCUT2D eigenvalue weighted by atomic mass is 10.2. The molecule has 1 heterocycles. The Labute approximate surface area is 128 Å². The van der Waals surface area contributed by atoms with Crippen molar-refractivity contribution in [2.75, 3.05) is 13.7 Å². The standard InChI is InChI=1S/C15H18ClN3O2/c1-10(9-20)18(3)15(21)14-8-17-19(11(14)2)13-6-4-5-12(16)7-13/h4-8,10,20H,9H2,1-3H3. The van der Waals surface area contributed by atoms with Crippen LogP contribution in [0.1, 0.15) is 23.0 Å². The molecular formula is C15H18ClN3O2. The molecule has 0 aliphatic rings. The van der Waals surface area contributed by atoms with Crippen LogP contribution in [0.5, 0.6) is 0 Å². The molecule has 0 bridgehead atoms. The lowest BCUT2D eigenvalue weighted by molar-refractivity contribution is 0.0681. The number of carbonyl (C=O) groups excluding carboxylic acids is 1. The van der Waals surface area contributed by atoms with E-state index in [9.17, 15) is 4.79 Å². The minimum absolute atomic E-state index is 0.0796. The lowest BCUT2D eigenvalue weighted by Crippen LogP contribution is -2.37. The van der Waals surface area contributed by atoms with E-state index in [1.54, 1.807) is 37.0 Å². The molecule has 1 atom stereocenters. The highest BCUT2D eigenvalue weighted by atomic mass is 35.5. The third-order valence-electron chi connectivity index (χ3n) is 3.54. The summed E-state index contributed by atoms with van der Waals surface area (Å²) in [6.07, 6.45) is 1.54. The summed E-state index contributed by atoms with van der Waals surface area (Å²) < 4.78 is 1.68. The zero-order chi connectivity index (χ0) is 15.6. The van der Waals surface area contributed by atoms with Crippen molar-refractivity contribution in [2.24, 2.45) is 0 Å². The molecule has 1 unspecified atom stereocenters. The SMILES string of the molecule is Cc1c(C(=O)N(C)C(C)CO)cnn1-c1cccc(Cl)c1. The van der Waals surface area contributed by atoms with E-state index < -0.39 is 0 Å². The summed E-state index contributed by atoms with van der Waals surface area (Å²) >= 11 is 5.98. The molecule has 0 radical (unpaired) electrons. The number of amides is 1. The summed E-state index contributed by atoms with van der Waals surface area (Å²) in [5, 5.41) is 14.0. The van der Waals surface area contributed by atoms with Crippen LogP contribution in [0.2, 0.25) is 5.02 Å². The largest absolute Gasteiger partial charge is 0.394 e. The van der Waals surface area contributed by atoms with Crippen LogP contribution < -0.4 is 0 Å². The first kappa shape index (κ1) is 15.5. The molecule has 0 aliphatic heterocycles. The van der Waals surface area contributed by atoms with Crippen LogP contribution in [-0.4, -0.2) is 45.4 Å². The van der Waals surface area contributed by atoms with Gasteiger partial charge in [-0.1, -0.05) is 17.7 Å². The predicted octanol–water partition coefficient (Wildman–Crippen LogP) is 2.29. The number of halogens is 1. The third kappa shape index (κ3) is 3.09. The molecule has 112 valence electrons. The zero-order valence-electron chi connectivity index (χ0n) is 12.2. The first-order chi connectivity index (χ1) is 9.95. The van der Waals surface area contributed by atoms with E-state index in [2.05, 4.69) is 5.10 Å². The van der Waals surface area contributed by atoms with Crippen molar-refractivity contribution >= 4 is 17.5 Å². The fraction of sp³-hybridized carbons (Fsp3) is 0.333. The minimum Gasteiger partial charge on any atom is -0.394 e. The highest BCUT2D eigenvalue weighted by Crippen LogP contribution is 2.19. The average molecular weight is 308 g/mol. The molecule has 1 aromatic heterocycles. The van der Waals surface area contributed by atoms with E-state index in [0.717, 1.165) is 11.4 Å². The molecule has 0 spiro atoms. The Kier molecular flexibility index (Phi) is 4.65. The van der Waals surface area contributed by atoms with Gasteiger partial charge in [-0.3, -0.25) is 4.79 Å². The molecule has 2 rings (SSSR count). The van der Waals surface area contributed by atoms with Gasteiger partial charge in [0.25, 0.3) is 5.91 Å². The number of hydrogen-bond donors (Lipinski definition) is 1. The zero-order valence-corrected chi connectivity index (χ0v) is 13.0. The number of aromatic nitrogens is 2. The summed E-state index contributed by atoms with van der Waals surface area (Å²) in [5.74, 6) is -0.165. The number of benzene rings is 1. The summed E-state index contributed by atoms with van der Waals surface area (Å²) in [7, 11) is 1.67. The van der Waals surface area contributed by atoms with Crippen LogP contribution in [-0.2, 0) is 0 Å². The van der Waals surface area contributed by atoms with Gasteiger partial charge in [-0.15, -0.1) is 0 Å². The fourth-order valence-corrected chi connectivity index (χ4v) is 2.18. The molecular weight excluding hydrogens is 290 g/mol. The molecule has 1 aromatic carbocycles. The maximum absolute atomic E-state index is 12.4. The Balaban J connectivity index is 2.35. The van der Waals surface area contributed by atoms with E-state index in [1.807, 2.05) is 19.1 Å². The van der Waals surface area contributed by atoms with E-state index in [0.29, 0.717) is 10.6 Å². The number of aliphatic hydroxyl groups excluding tert-OH is 1. The van der Waals surface area contributed by atoms with Crippen LogP contribution in [0.4, 0.5) is 0 Å². The van der Waals surface area contributed by atoms with Gasteiger partial charge in [0.2, 0.25) is 0 Å². The van der Waals surface area contributed by atoms with Crippen molar-refractivity contribution in [1.82, 2.24) is 14.7 Å². The Morgan fingerprint density at radius 2 is 2.24 bits per heavy atom. The Morgan fingerprint density at radius 3 is 2.86 bits per heavy atom. The molecule has 0 fully saturated rings. The molecule has 1 N–H and O–H groups in total. The predicted molar refractivity (Wildman–Crippen MR) is 82.0 cm³/mol. The Morgan fingerprint density at radius 1 is 1.52 bits per heavy atom. The van der Waals surface area contributed by atoms with Crippen molar-refractivity contribution < 1.29 is 9.90 Å².